The van der Waals surface area contributed by atoms with E-state index in [1.165, 1.54) is 0 Å². The summed E-state index contributed by atoms with van der Waals surface area (Å²) in [5.74, 6) is 1.61. The summed E-state index contributed by atoms with van der Waals surface area (Å²) in [6.45, 7) is 5.51. The summed E-state index contributed by atoms with van der Waals surface area (Å²) < 4.78 is 10.6. The van der Waals surface area contributed by atoms with E-state index in [0.29, 0.717) is 23.3 Å². The zero-order valence-electron chi connectivity index (χ0n) is 14.9. The minimum absolute atomic E-state index is 0.0255. The molecule has 1 aromatic heterocycles. The molecular weight excluding hydrogens is 320 g/mol. The molecule has 7 nitrogen and oxygen atoms in total. The van der Waals surface area contributed by atoms with E-state index in [1.54, 1.807) is 7.11 Å². The molecule has 25 heavy (non-hydrogen) atoms. The monoisotopic (exact) mass is 344 g/mol. The Morgan fingerprint density at radius 2 is 2.04 bits per heavy atom. The van der Waals surface area contributed by atoms with Crippen LogP contribution in [-0.4, -0.2) is 36.2 Å². The van der Waals surface area contributed by atoms with E-state index < -0.39 is 0 Å². The fraction of sp³-hybridized carbons (Fsp3) is 0.500. The third-order valence-electron chi connectivity index (χ3n) is 4.45. The molecule has 2 aromatic rings. The van der Waals surface area contributed by atoms with Crippen LogP contribution < -0.4 is 15.0 Å². The smallest absolute Gasteiger partial charge is 0.324 e. The molecular formula is C18H24N4O3. The molecule has 1 aliphatic heterocycles. The van der Waals surface area contributed by atoms with E-state index in [-0.39, 0.29) is 17.7 Å². The fourth-order valence-electron chi connectivity index (χ4n) is 2.91. The lowest BCUT2D eigenvalue weighted by Crippen LogP contribution is -2.38. The molecule has 7 heteroatoms. The van der Waals surface area contributed by atoms with Crippen molar-refractivity contribution in [1.82, 2.24) is 10.1 Å². The van der Waals surface area contributed by atoms with Crippen LogP contribution in [0.1, 0.15) is 38.4 Å². The molecule has 1 aliphatic rings. The first-order valence-electron chi connectivity index (χ1n) is 8.61. The minimum atomic E-state index is -0.0337. The number of methoxy groups -OCH3 is 1. The van der Waals surface area contributed by atoms with Crippen molar-refractivity contribution in [1.29, 1.82) is 0 Å². The van der Waals surface area contributed by atoms with Gasteiger partial charge in [-0.1, -0.05) is 31.1 Å². The van der Waals surface area contributed by atoms with Crippen LogP contribution in [0.2, 0.25) is 0 Å². The maximum atomic E-state index is 12.5. The predicted molar refractivity (Wildman–Crippen MR) is 94.9 cm³/mol. The van der Waals surface area contributed by atoms with Gasteiger partial charge in [0.25, 0.3) is 0 Å². The van der Waals surface area contributed by atoms with Crippen molar-refractivity contribution in [2.75, 3.05) is 30.4 Å². The highest BCUT2D eigenvalue weighted by atomic mass is 16.5. The van der Waals surface area contributed by atoms with Crippen LogP contribution in [0.3, 0.4) is 0 Å². The van der Waals surface area contributed by atoms with Crippen molar-refractivity contribution in [3.8, 4) is 5.75 Å². The van der Waals surface area contributed by atoms with Crippen molar-refractivity contribution in [3.05, 3.63) is 30.1 Å². The Bertz CT molecular complexity index is 721. The number of hydrogen-bond donors (Lipinski definition) is 1. The molecule has 1 aromatic carbocycles. The Labute approximate surface area is 147 Å². The number of benzene rings is 1. The van der Waals surface area contributed by atoms with Gasteiger partial charge in [-0.2, -0.15) is 4.98 Å². The van der Waals surface area contributed by atoms with Crippen molar-refractivity contribution < 1.29 is 14.1 Å². The molecule has 0 unspecified atom stereocenters. The number of amides is 1. The average Bonchev–Trinajstić information content (AvgIpc) is 3.13. The highest BCUT2D eigenvalue weighted by Gasteiger charge is 2.28. The largest absolute Gasteiger partial charge is 0.495 e. The zero-order chi connectivity index (χ0) is 17.8. The number of carbonyl (C=O) groups excluding carboxylic acids is 1. The van der Waals surface area contributed by atoms with Gasteiger partial charge in [0, 0.05) is 24.9 Å². The summed E-state index contributed by atoms with van der Waals surface area (Å²) in [7, 11) is 1.60. The normalized spacial score (nSPS) is 15.4. The molecule has 1 amide bonds. The van der Waals surface area contributed by atoms with Gasteiger partial charge in [-0.3, -0.25) is 4.79 Å². The Morgan fingerprint density at radius 1 is 1.32 bits per heavy atom. The van der Waals surface area contributed by atoms with Gasteiger partial charge in [0.05, 0.1) is 12.8 Å². The predicted octanol–water partition coefficient (Wildman–Crippen LogP) is 3.06. The summed E-state index contributed by atoms with van der Waals surface area (Å²) in [4.78, 5) is 19.0. The standard InChI is InChI=1S/C18H24N4O3/c1-12(2)16-20-18(25-21-16)22-10-8-13(9-11-22)17(23)19-14-6-4-5-7-15(14)24-3/h4-7,12-13H,8-11H2,1-3H3,(H,19,23). The van der Waals surface area contributed by atoms with Gasteiger partial charge in [-0.25, -0.2) is 0 Å². The van der Waals surface area contributed by atoms with Gasteiger partial charge >= 0.3 is 6.01 Å². The Kier molecular flexibility index (Phi) is 5.21. The van der Waals surface area contributed by atoms with Gasteiger partial charge in [0.15, 0.2) is 5.82 Å². The van der Waals surface area contributed by atoms with E-state index in [1.807, 2.05) is 43.0 Å². The summed E-state index contributed by atoms with van der Waals surface area (Å²) in [5, 5.41) is 6.97. The number of aromatic nitrogens is 2. The molecule has 0 saturated carbocycles. The minimum Gasteiger partial charge on any atom is -0.495 e. The quantitative estimate of drug-likeness (QED) is 0.898. The maximum Gasteiger partial charge on any atom is 0.324 e. The van der Waals surface area contributed by atoms with E-state index in [0.717, 1.165) is 25.9 Å². The van der Waals surface area contributed by atoms with Crippen LogP contribution in [0.5, 0.6) is 5.75 Å². The van der Waals surface area contributed by atoms with Gasteiger partial charge in [0.2, 0.25) is 5.91 Å². The van der Waals surface area contributed by atoms with Crippen LogP contribution in [0.25, 0.3) is 0 Å². The van der Waals surface area contributed by atoms with E-state index in [2.05, 4.69) is 15.5 Å². The Balaban J connectivity index is 1.57. The highest BCUT2D eigenvalue weighted by Crippen LogP contribution is 2.27. The highest BCUT2D eigenvalue weighted by molar-refractivity contribution is 5.94. The summed E-state index contributed by atoms with van der Waals surface area (Å²) in [6, 6.07) is 7.98. The molecule has 0 aliphatic carbocycles. The number of hydrogen-bond acceptors (Lipinski definition) is 6. The van der Waals surface area contributed by atoms with E-state index in [4.69, 9.17) is 9.26 Å². The van der Waals surface area contributed by atoms with Crippen molar-refractivity contribution >= 4 is 17.6 Å². The molecule has 1 N–H and O–H groups in total. The molecule has 0 radical (unpaired) electrons. The molecule has 0 spiro atoms. The van der Waals surface area contributed by atoms with Gasteiger partial charge in [-0.15, -0.1) is 0 Å². The number of para-hydroxylation sites is 2. The molecule has 1 fully saturated rings. The van der Waals surface area contributed by atoms with Gasteiger partial charge in [-0.05, 0) is 25.0 Å². The summed E-state index contributed by atoms with van der Waals surface area (Å²) in [5.41, 5.74) is 0.705. The van der Waals surface area contributed by atoms with E-state index >= 15 is 0 Å². The number of nitrogens with one attached hydrogen (secondary N) is 1. The molecule has 0 atom stereocenters. The second kappa shape index (κ2) is 7.55. The van der Waals surface area contributed by atoms with Crippen LogP contribution in [0.4, 0.5) is 11.7 Å². The second-order valence-corrected chi connectivity index (χ2v) is 6.54. The first-order chi connectivity index (χ1) is 12.1. The fourth-order valence-corrected chi connectivity index (χ4v) is 2.91. The molecule has 134 valence electrons. The second-order valence-electron chi connectivity index (χ2n) is 6.54. The lowest BCUT2D eigenvalue weighted by Gasteiger charge is -2.29. The third-order valence-corrected chi connectivity index (χ3v) is 4.45. The Hall–Kier alpha value is -2.57. The first kappa shape index (κ1) is 17.3. The molecule has 1 saturated heterocycles. The van der Waals surface area contributed by atoms with Gasteiger partial charge in [0.1, 0.15) is 5.75 Å². The zero-order valence-corrected chi connectivity index (χ0v) is 14.9. The first-order valence-corrected chi connectivity index (χ1v) is 8.61. The third kappa shape index (κ3) is 3.92. The summed E-state index contributed by atoms with van der Waals surface area (Å²) >= 11 is 0. The van der Waals surface area contributed by atoms with Crippen molar-refractivity contribution in [3.63, 3.8) is 0 Å². The number of rotatable bonds is 5. The van der Waals surface area contributed by atoms with Crippen LogP contribution in [-0.2, 0) is 4.79 Å². The number of carbonyl (C=O) groups is 1. The van der Waals surface area contributed by atoms with E-state index in [9.17, 15) is 4.79 Å². The van der Waals surface area contributed by atoms with Crippen LogP contribution in [0, 0.1) is 5.92 Å². The topological polar surface area (TPSA) is 80.5 Å². The Morgan fingerprint density at radius 3 is 2.68 bits per heavy atom. The average molecular weight is 344 g/mol. The van der Waals surface area contributed by atoms with Crippen molar-refractivity contribution in [2.24, 2.45) is 5.92 Å². The maximum absolute atomic E-state index is 12.5. The lowest BCUT2D eigenvalue weighted by atomic mass is 9.96. The lowest BCUT2D eigenvalue weighted by molar-refractivity contribution is -0.120. The number of anilines is 2. The number of piperidine rings is 1. The molecule has 0 bridgehead atoms. The number of ether oxygens (including phenoxy) is 1. The number of nitrogens with zero attached hydrogens (tertiary/aromatic N) is 3. The molecule has 3 rings (SSSR count). The SMILES string of the molecule is COc1ccccc1NC(=O)C1CCN(c2nc(C(C)C)no2)CC1. The van der Waals surface area contributed by atoms with Crippen LogP contribution in [0.15, 0.2) is 28.8 Å². The van der Waals surface area contributed by atoms with Crippen molar-refractivity contribution in [2.45, 2.75) is 32.6 Å². The molecule has 2 heterocycles. The van der Waals surface area contributed by atoms with Gasteiger partial charge < -0.3 is 19.5 Å². The van der Waals surface area contributed by atoms with Crippen LogP contribution >= 0.6 is 0 Å². The summed E-state index contributed by atoms with van der Waals surface area (Å²) in [6.07, 6.45) is 1.50.